The Bertz CT molecular complexity index is 863. The molecule has 0 fully saturated rings. The second-order valence-corrected chi connectivity index (χ2v) is 6.52. The van der Waals surface area contributed by atoms with Gasteiger partial charge in [-0.05, 0) is 48.4 Å². The van der Waals surface area contributed by atoms with Gasteiger partial charge in [0.25, 0.3) is 0 Å². The summed E-state index contributed by atoms with van der Waals surface area (Å²) in [6, 6.07) is 16.7. The molecule has 0 saturated carbocycles. The Morgan fingerprint density at radius 1 is 0.964 bits per heavy atom. The summed E-state index contributed by atoms with van der Waals surface area (Å²) in [6.07, 6.45) is -0.825. The Labute approximate surface area is 162 Å². The van der Waals surface area contributed by atoms with Gasteiger partial charge in [0.1, 0.15) is 12.4 Å². The summed E-state index contributed by atoms with van der Waals surface area (Å²) in [7, 11) is 0. The fourth-order valence-corrected chi connectivity index (χ4v) is 2.70. The standard InChI is InChI=1S/C22H21F3N2O/c1-16(19-6-8-20(9-7-19)22(23,24)25)27-14-17-4-10-21(11-5-17)28-15-18-3-2-12-26-13-18/h2-13,16,27H,14-15H2,1H3/t16-/m0/s1. The first-order valence-electron chi connectivity index (χ1n) is 8.93. The number of benzene rings is 2. The zero-order valence-corrected chi connectivity index (χ0v) is 15.4. The number of nitrogens with one attached hydrogen (secondary N) is 1. The molecule has 1 N–H and O–H groups in total. The van der Waals surface area contributed by atoms with Gasteiger partial charge in [-0.2, -0.15) is 13.2 Å². The lowest BCUT2D eigenvalue weighted by Crippen LogP contribution is -2.18. The van der Waals surface area contributed by atoms with Crippen LogP contribution in [0.2, 0.25) is 0 Å². The first-order valence-corrected chi connectivity index (χ1v) is 8.93. The summed E-state index contributed by atoms with van der Waals surface area (Å²) in [4.78, 5) is 4.05. The van der Waals surface area contributed by atoms with E-state index in [1.54, 1.807) is 12.4 Å². The van der Waals surface area contributed by atoms with E-state index in [2.05, 4.69) is 10.3 Å². The average Bonchev–Trinajstić information content (AvgIpc) is 2.71. The number of ether oxygens (including phenoxy) is 1. The number of pyridine rings is 1. The number of nitrogens with zero attached hydrogens (tertiary/aromatic N) is 1. The molecule has 0 bridgehead atoms. The van der Waals surface area contributed by atoms with Gasteiger partial charge in [-0.1, -0.05) is 30.3 Å². The van der Waals surface area contributed by atoms with Crippen molar-refractivity contribution in [2.45, 2.75) is 32.3 Å². The third-order valence-electron chi connectivity index (χ3n) is 4.40. The van der Waals surface area contributed by atoms with Crippen molar-refractivity contribution in [1.82, 2.24) is 10.3 Å². The SMILES string of the molecule is C[C@H](NCc1ccc(OCc2cccnc2)cc1)c1ccc(C(F)(F)F)cc1. The molecule has 3 rings (SSSR count). The van der Waals surface area contributed by atoms with Crippen LogP contribution in [0.1, 0.15) is 35.2 Å². The topological polar surface area (TPSA) is 34.1 Å². The molecule has 1 heterocycles. The predicted octanol–water partition coefficient (Wildman–Crippen LogP) is 5.53. The quantitative estimate of drug-likeness (QED) is 0.580. The highest BCUT2D eigenvalue weighted by Gasteiger charge is 2.30. The monoisotopic (exact) mass is 386 g/mol. The average molecular weight is 386 g/mol. The maximum atomic E-state index is 12.6. The van der Waals surface area contributed by atoms with Crippen molar-refractivity contribution in [3.8, 4) is 5.75 Å². The maximum Gasteiger partial charge on any atom is 0.416 e. The summed E-state index contributed by atoms with van der Waals surface area (Å²) < 4.78 is 43.7. The van der Waals surface area contributed by atoms with Gasteiger partial charge in [-0.3, -0.25) is 4.98 Å². The summed E-state index contributed by atoms with van der Waals surface area (Å²) in [5, 5.41) is 3.32. The van der Waals surface area contributed by atoms with E-state index in [0.29, 0.717) is 13.2 Å². The first-order chi connectivity index (χ1) is 13.4. The normalized spacial score (nSPS) is 12.6. The number of hydrogen-bond donors (Lipinski definition) is 1. The molecule has 6 heteroatoms. The largest absolute Gasteiger partial charge is 0.489 e. The third kappa shape index (κ3) is 5.57. The van der Waals surface area contributed by atoms with E-state index in [9.17, 15) is 13.2 Å². The van der Waals surface area contributed by atoms with Crippen LogP contribution in [0.25, 0.3) is 0 Å². The van der Waals surface area contributed by atoms with Crippen molar-refractivity contribution in [2.24, 2.45) is 0 Å². The van der Waals surface area contributed by atoms with E-state index in [-0.39, 0.29) is 6.04 Å². The second kappa shape index (κ2) is 8.89. The molecule has 3 nitrogen and oxygen atoms in total. The van der Waals surface area contributed by atoms with Gasteiger partial charge in [0.05, 0.1) is 5.56 Å². The lowest BCUT2D eigenvalue weighted by molar-refractivity contribution is -0.137. The molecular weight excluding hydrogens is 365 g/mol. The van der Waals surface area contributed by atoms with Crippen LogP contribution in [0.3, 0.4) is 0 Å². The van der Waals surface area contributed by atoms with Crippen LogP contribution in [0.5, 0.6) is 5.75 Å². The fraction of sp³-hybridized carbons (Fsp3) is 0.227. The van der Waals surface area contributed by atoms with E-state index < -0.39 is 11.7 Å². The Morgan fingerprint density at radius 3 is 2.29 bits per heavy atom. The third-order valence-corrected chi connectivity index (χ3v) is 4.40. The molecule has 0 unspecified atom stereocenters. The zero-order valence-electron chi connectivity index (χ0n) is 15.4. The van der Waals surface area contributed by atoms with Crippen LogP contribution in [0, 0.1) is 0 Å². The van der Waals surface area contributed by atoms with Crippen molar-refractivity contribution in [3.63, 3.8) is 0 Å². The summed E-state index contributed by atoms with van der Waals surface area (Å²) >= 11 is 0. The molecule has 1 atom stereocenters. The lowest BCUT2D eigenvalue weighted by atomic mass is 10.1. The van der Waals surface area contributed by atoms with Gasteiger partial charge in [0, 0.05) is 30.5 Å². The highest BCUT2D eigenvalue weighted by atomic mass is 19.4. The molecule has 0 radical (unpaired) electrons. The smallest absolute Gasteiger partial charge is 0.416 e. The lowest BCUT2D eigenvalue weighted by Gasteiger charge is -2.16. The second-order valence-electron chi connectivity index (χ2n) is 6.52. The van der Waals surface area contributed by atoms with Crippen molar-refractivity contribution in [2.75, 3.05) is 0 Å². The van der Waals surface area contributed by atoms with Crippen LogP contribution in [0.15, 0.2) is 73.1 Å². The minimum absolute atomic E-state index is 0.0659. The van der Waals surface area contributed by atoms with E-state index in [1.165, 1.54) is 12.1 Å². The summed E-state index contributed by atoms with van der Waals surface area (Å²) in [5.74, 6) is 0.767. The number of rotatable bonds is 7. The zero-order chi connectivity index (χ0) is 20.0. The van der Waals surface area contributed by atoms with Gasteiger partial charge in [-0.25, -0.2) is 0 Å². The molecule has 3 aromatic rings. The first kappa shape index (κ1) is 19.9. The fourth-order valence-electron chi connectivity index (χ4n) is 2.70. The van der Waals surface area contributed by atoms with Crippen molar-refractivity contribution in [1.29, 1.82) is 0 Å². The molecule has 0 aliphatic carbocycles. The van der Waals surface area contributed by atoms with Crippen LogP contribution < -0.4 is 10.1 Å². The van der Waals surface area contributed by atoms with E-state index in [1.807, 2.05) is 43.3 Å². The van der Waals surface area contributed by atoms with Gasteiger partial charge in [0.15, 0.2) is 0 Å². The Hall–Kier alpha value is -2.86. The van der Waals surface area contributed by atoms with Crippen LogP contribution in [0.4, 0.5) is 13.2 Å². The Morgan fingerprint density at radius 2 is 1.68 bits per heavy atom. The molecule has 0 saturated heterocycles. The Balaban J connectivity index is 1.50. The highest BCUT2D eigenvalue weighted by molar-refractivity contribution is 5.29. The minimum Gasteiger partial charge on any atom is -0.489 e. The van der Waals surface area contributed by atoms with Crippen LogP contribution >= 0.6 is 0 Å². The van der Waals surface area contributed by atoms with Crippen molar-refractivity contribution in [3.05, 3.63) is 95.3 Å². The molecule has 2 aromatic carbocycles. The molecule has 0 spiro atoms. The number of halogens is 3. The van der Waals surface area contributed by atoms with Crippen molar-refractivity contribution < 1.29 is 17.9 Å². The van der Waals surface area contributed by atoms with E-state index in [0.717, 1.165) is 34.6 Å². The highest BCUT2D eigenvalue weighted by Crippen LogP contribution is 2.30. The van der Waals surface area contributed by atoms with Gasteiger partial charge < -0.3 is 10.1 Å². The summed E-state index contributed by atoms with van der Waals surface area (Å²) in [5.41, 5.74) is 2.24. The molecular formula is C22H21F3N2O. The van der Waals surface area contributed by atoms with E-state index in [4.69, 9.17) is 4.74 Å². The summed E-state index contributed by atoms with van der Waals surface area (Å²) in [6.45, 7) is 2.98. The number of aromatic nitrogens is 1. The molecule has 146 valence electrons. The van der Waals surface area contributed by atoms with Gasteiger partial charge in [0.2, 0.25) is 0 Å². The minimum atomic E-state index is -4.31. The van der Waals surface area contributed by atoms with Gasteiger partial charge in [-0.15, -0.1) is 0 Å². The van der Waals surface area contributed by atoms with Crippen LogP contribution in [-0.4, -0.2) is 4.98 Å². The predicted molar refractivity (Wildman–Crippen MR) is 102 cm³/mol. The maximum absolute atomic E-state index is 12.6. The molecule has 0 amide bonds. The Kier molecular flexibility index (Phi) is 6.31. The molecule has 28 heavy (non-hydrogen) atoms. The molecule has 0 aliphatic heterocycles. The van der Waals surface area contributed by atoms with Crippen LogP contribution in [-0.2, 0) is 19.3 Å². The number of alkyl halides is 3. The van der Waals surface area contributed by atoms with Gasteiger partial charge >= 0.3 is 6.18 Å². The van der Waals surface area contributed by atoms with E-state index >= 15 is 0 Å². The van der Waals surface area contributed by atoms with Crippen molar-refractivity contribution >= 4 is 0 Å². The molecule has 1 aromatic heterocycles. The molecule has 0 aliphatic rings. The number of hydrogen-bond acceptors (Lipinski definition) is 3.